The van der Waals surface area contributed by atoms with Gasteiger partial charge in [0, 0.05) is 6.07 Å². The molecule has 0 N–H and O–H groups in total. The van der Waals surface area contributed by atoms with Crippen molar-refractivity contribution in [1.82, 2.24) is 15.0 Å². The van der Waals surface area contributed by atoms with Crippen molar-refractivity contribution in [1.29, 1.82) is 0 Å². The van der Waals surface area contributed by atoms with Crippen LogP contribution in [0.2, 0.25) is 0 Å². The van der Waals surface area contributed by atoms with Crippen molar-refractivity contribution in [3.8, 4) is 5.69 Å². The molecule has 2 aromatic rings. The summed E-state index contributed by atoms with van der Waals surface area (Å²) in [6.45, 7) is 3.44. The maximum atomic E-state index is 13.1. The third kappa shape index (κ3) is 2.59. The van der Waals surface area contributed by atoms with Crippen LogP contribution in [0.5, 0.6) is 0 Å². The van der Waals surface area contributed by atoms with Gasteiger partial charge in [-0.1, -0.05) is 5.21 Å². The van der Waals surface area contributed by atoms with Gasteiger partial charge in [-0.3, -0.25) is 0 Å². The van der Waals surface area contributed by atoms with E-state index in [2.05, 4.69) is 10.3 Å². The number of nitrogens with zero attached hydrogens (tertiary/aromatic N) is 3. The molecule has 19 heavy (non-hydrogen) atoms. The summed E-state index contributed by atoms with van der Waals surface area (Å²) in [5.41, 5.74) is 0.521. The zero-order chi connectivity index (χ0) is 14.0. The number of esters is 1. The summed E-state index contributed by atoms with van der Waals surface area (Å²) in [5, 5.41) is 7.37. The molecular formula is C12H11F2N3O2. The van der Waals surface area contributed by atoms with Gasteiger partial charge in [-0.2, -0.15) is 0 Å². The molecule has 5 nitrogen and oxygen atoms in total. The van der Waals surface area contributed by atoms with E-state index in [0.717, 1.165) is 18.2 Å². The van der Waals surface area contributed by atoms with E-state index in [1.165, 1.54) is 4.68 Å². The van der Waals surface area contributed by atoms with Crippen LogP contribution in [0.25, 0.3) is 5.69 Å². The van der Waals surface area contributed by atoms with Crippen LogP contribution >= 0.6 is 0 Å². The van der Waals surface area contributed by atoms with Gasteiger partial charge in [0.2, 0.25) is 0 Å². The molecule has 0 bridgehead atoms. The van der Waals surface area contributed by atoms with Crippen molar-refractivity contribution in [2.24, 2.45) is 0 Å². The average molecular weight is 267 g/mol. The van der Waals surface area contributed by atoms with Crippen LogP contribution in [0, 0.1) is 18.6 Å². The van der Waals surface area contributed by atoms with Gasteiger partial charge >= 0.3 is 5.97 Å². The maximum absolute atomic E-state index is 13.1. The van der Waals surface area contributed by atoms with Crippen molar-refractivity contribution in [2.75, 3.05) is 6.61 Å². The van der Waals surface area contributed by atoms with Crippen molar-refractivity contribution in [3.05, 3.63) is 41.2 Å². The van der Waals surface area contributed by atoms with Crippen LogP contribution in [0.4, 0.5) is 8.78 Å². The van der Waals surface area contributed by atoms with E-state index >= 15 is 0 Å². The normalized spacial score (nSPS) is 10.5. The van der Waals surface area contributed by atoms with Crippen LogP contribution in [0.3, 0.4) is 0 Å². The van der Waals surface area contributed by atoms with E-state index in [9.17, 15) is 13.6 Å². The molecule has 1 heterocycles. The lowest BCUT2D eigenvalue weighted by atomic mass is 10.2. The van der Waals surface area contributed by atoms with Gasteiger partial charge in [-0.25, -0.2) is 18.3 Å². The van der Waals surface area contributed by atoms with Gasteiger partial charge in [0.15, 0.2) is 5.69 Å². The molecular weight excluding hydrogens is 256 g/mol. The summed E-state index contributed by atoms with van der Waals surface area (Å²) >= 11 is 0. The van der Waals surface area contributed by atoms with Gasteiger partial charge in [0.05, 0.1) is 18.0 Å². The Balaban J connectivity index is 2.44. The fourth-order valence-corrected chi connectivity index (χ4v) is 1.62. The number of carbonyl (C=O) groups is 1. The Hall–Kier alpha value is -2.31. The second-order valence-electron chi connectivity index (χ2n) is 3.78. The van der Waals surface area contributed by atoms with Crippen LogP contribution < -0.4 is 0 Å². The van der Waals surface area contributed by atoms with Crippen molar-refractivity contribution < 1.29 is 18.3 Å². The zero-order valence-corrected chi connectivity index (χ0v) is 10.4. The standard InChI is InChI=1S/C12H11F2N3O2/c1-3-19-12(18)11-7(2)17(16-15-11)10-5-8(13)4-9(14)6-10/h4-6H,3H2,1-2H3. The summed E-state index contributed by atoms with van der Waals surface area (Å²) in [6.07, 6.45) is 0. The van der Waals surface area contributed by atoms with E-state index in [1.807, 2.05) is 0 Å². The Morgan fingerprint density at radius 2 is 1.95 bits per heavy atom. The Morgan fingerprint density at radius 1 is 1.32 bits per heavy atom. The van der Waals surface area contributed by atoms with Gasteiger partial charge in [-0.15, -0.1) is 5.10 Å². The lowest BCUT2D eigenvalue weighted by molar-refractivity contribution is 0.0518. The van der Waals surface area contributed by atoms with Crippen LogP contribution in [-0.4, -0.2) is 27.6 Å². The van der Waals surface area contributed by atoms with Crippen LogP contribution in [-0.2, 0) is 4.74 Å². The molecule has 2 rings (SSSR count). The predicted octanol–water partition coefficient (Wildman–Crippen LogP) is 2.03. The quantitative estimate of drug-likeness (QED) is 0.798. The maximum Gasteiger partial charge on any atom is 0.360 e. The lowest BCUT2D eigenvalue weighted by Gasteiger charge is -2.04. The van der Waals surface area contributed by atoms with E-state index in [0.29, 0.717) is 5.69 Å². The highest BCUT2D eigenvalue weighted by molar-refractivity contribution is 5.88. The molecule has 7 heteroatoms. The topological polar surface area (TPSA) is 57.0 Å². The molecule has 0 unspecified atom stereocenters. The minimum atomic E-state index is -0.734. The average Bonchev–Trinajstić information content (AvgIpc) is 2.70. The van der Waals surface area contributed by atoms with E-state index in [1.54, 1.807) is 13.8 Å². The second kappa shape index (κ2) is 5.13. The zero-order valence-electron chi connectivity index (χ0n) is 10.4. The van der Waals surface area contributed by atoms with Crippen molar-refractivity contribution >= 4 is 5.97 Å². The molecule has 0 amide bonds. The number of rotatable bonds is 3. The summed E-state index contributed by atoms with van der Waals surface area (Å²) in [5.74, 6) is -2.09. The van der Waals surface area contributed by atoms with Crippen molar-refractivity contribution in [2.45, 2.75) is 13.8 Å². The van der Waals surface area contributed by atoms with Gasteiger partial charge < -0.3 is 4.74 Å². The first-order valence-corrected chi connectivity index (χ1v) is 5.58. The van der Waals surface area contributed by atoms with E-state index in [4.69, 9.17) is 4.74 Å². The first-order valence-electron chi connectivity index (χ1n) is 5.58. The van der Waals surface area contributed by atoms with Crippen molar-refractivity contribution in [3.63, 3.8) is 0 Å². The Labute approximate surface area is 107 Å². The molecule has 1 aromatic carbocycles. The second-order valence-corrected chi connectivity index (χ2v) is 3.78. The molecule has 0 aliphatic rings. The Bertz CT molecular complexity index is 605. The Kier molecular flexibility index (Phi) is 3.55. The molecule has 0 atom stereocenters. The first-order chi connectivity index (χ1) is 9.02. The van der Waals surface area contributed by atoms with Gasteiger partial charge in [0.1, 0.15) is 11.6 Å². The van der Waals surface area contributed by atoms with Crippen LogP contribution in [0.1, 0.15) is 23.1 Å². The highest BCUT2D eigenvalue weighted by atomic mass is 19.1. The highest BCUT2D eigenvalue weighted by Gasteiger charge is 2.18. The summed E-state index contributed by atoms with van der Waals surface area (Å²) in [4.78, 5) is 11.6. The number of benzene rings is 1. The molecule has 0 fully saturated rings. The van der Waals surface area contributed by atoms with E-state index < -0.39 is 17.6 Å². The first kappa shape index (κ1) is 13.1. The molecule has 0 aliphatic carbocycles. The third-order valence-corrected chi connectivity index (χ3v) is 2.46. The fourth-order valence-electron chi connectivity index (χ4n) is 1.62. The smallest absolute Gasteiger partial charge is 0.360 e. The fraction of sp³-hybridized carbons (Fsp3) is 0.250. The third-order valence-electron chi connectivity index (χ3n) is 2.46. The number of carbonyl (C=O) groups excluding carboxylic acids is 1. The SMILES string of the molecule is CCOC(=O)c1nnn(-c2cc(F)cc(F)c2)c1C. The summed E-state index contributed by atoms with van der Waals surface area (Å²) in [6, 6.07) is 2.95. The van der Waals surface area contributed by atoms with Crippen LogP contribution in [0.15, 0.2) is 18.2 Å². The molecule has 100 valence electrons. The van der Waals surface area contributed by atoms with E-state index in [-0.39, 0.29) is 18.0 Å². The number of ether oxygens (including phenoxy) is 1. The molecule has 0 saturated carbocycles. The monoisotopic (exact) mass is 267 g/mol. The Morgan fingerprint density at radius 3 is 2.53 bits per heavy atom. The van der Waals surface area contributed by atoms with Gasteiger partial charge in [-0.05, 0) is 26.0 Å². The number of aromatic nitrogens is 3. The molecule has 0 spiro atoms. The van der Waals surface area contributed by atoms with Gasteiger partial charge in [0.25, 0.3) is 0 Å². The number of hydrogen-bond donors (Lipinski definition) is 0. The lowest BCUT2D eigenvalue weighted by Crippen LogP contribution is -2.08. The minimum absolute atomic E-state index is 0.0199. The number of halogens is 2. The molecule has 0 saturated heterocycles. The molecule has 0 aliphatic heterocycles. The summed E-state index contributed by atoms with van der Waals surface area (Å²) < 4.78 is 32.3. The summed E-state index contributed by atoms with van der Waals surface area (Å²) in [7, 11) is 0. The number of hydrogen-bond acceptors (Lipinski definition) is 4. The largest absolute Gasteiger partial charge is 0.461 e. The molecule has 0 radical (unpaired) electrons. The predicted molar refractivity (Wildman–Crippen MR) is 62.0 cm³/mol. The highest BCUT2D eigenvalue weighted by Crippen LogP contribution is 2.15. The minimum Gasteiger partial charge on any atom is -0.461 e. The molecule has 1 aromatic heterocycles.